The highest BCUT2D eigenvalue weighted by Gasteiger charge is 1.65. The Hall–Kier alpha value is -0.470. The van der Waals surface area contributed by atoms with Gasteiger partial charge >= 0.3 is 0 Å². The van der Waals surface area contributed by atoms with Crippen LogP contribution in [0.15, 0.2) is 12.7 Å². The molecule has 0 aliphatic rings. The lowest BCUT2D eigenvalue weighted by atomic mass is 11.2. The molecule has 0 aromatic carbocycles. The molecule has 0 rings (SSSR count). The number of rotatable bonds is 0. The van der Waals surface area contributed by atoms with Gasteiger partial charge in [-0.2, -0.15) is 8.78 Å². The van der Waals surface area contributed by atoms with Crippen LogP contribution in [0.2, 0.25) is 0 Å². The third-order valence-electron chi connectivity index (χ3n) is 0. The van der Waals surface area contributed by atoms with E-state index in [-0.39, 0.29) is 4.70 Å². The van der Waals surface area contributed by atoms with Crippen LogP contribution in [0.4, 0.5) is 8.78 Å². The molecule has 0 saturated carbocycles. The second-order valence-electron chi connectivity index (χ2n) is 0.339. The summed E-state index contributed by atoms with van der Waals surface area (Å²) >= 11 is 0. The molecule has 0 amide bonds. The molecule has 0 aromatic rings. The zero-order valence-corrected chi connectivity index (χ0v) is 2.34. The smallest absolute Gasteiger partial charge is 0.263 e. The molecule has 0 atom stereocenters. The van der Waals surface area contributed by atoms with Gasteiger partial charge in [-0.1, -0.05) is 0 Å². The standard InChI is InChI=1S/C2H2F2.FH/c1-2(3)4;/h1H2;1H/p-1. The van der Waals surface area contributed by atoms with Crippen LogP contribution >= 0.6 is 0 Å². The summed E-state index contributed by atoms with van der Waals surface area (Å²) < 4.78 is 20.3. The van der Waals surface area contributed by atoms with Gasteiger partial charge < -0.3 is 4.70 Å². The SMILES string of the molecule is C=C(F)F.[F-]. The second kappa shape index (κ2) is 3.53. The average molecular weight is 83.0 g/mol. The highest BCUT2D eigenvalue weighted by atomic mass is 19.3. The molecular weight excluding hydrogens is 81.0 g/mol. The maximum Gasteiger partial charge on any atom is 0.263 e. The lowest BCUT2D eigenvalue weighted by Gasteiger charge is -1.54. The Kier molecular flexibility index (Phi) is 6.23. The average Bonchev–Trinajstić information content (AvgIpc) is 0.811. The number of hydrogen-bond donors (Lipinski definition) is 0. The Bertz CT molecular complexity index is 27.9. The van der Waals surface area contributed by atoms with Crippen LogP contribution in [-0.2, 0) is 0 Å². The van der Waals surface area contributed by atoms with E-state index in [0.717, 1.165) is 0 Å². The highest BCUT2D eigenvalue weighted by molar-refractivity contribution is 4.57. The van der Waals surface area contributed by atoms with Crippen molar-refractivity contribution in [3.8, 4) is 0 Å². The van der Waals surface area contributed by atoms with E-state index in [4.69, 9.17) is 0 Å². The summed E-state index contributed by atoms with van der Waals surface area (Å²) in [7, 11) is 0. The minimum Gasteiger partial charge on any atom is -1.00 e. The minimum absolute atomic E-state index is 0. The third-order valence-corrected chi connectivity index (χ3v) is 0. The largest absolute Gasteiger partial charge is 1.00 e. The predicted molar refractivity (Wildman–Crippen MR) is 11.4 cm³/mol. The predicted octanol–water partition coefficient (Wildman–Crippen LogP) is -1.60. The van der Waals surface area contributed by atoms with Crippen molar-refractivity contribution in [2.45, 2.75) is 0 Å². The van der Waals surface area contributed by atoms with Gasteiger partial charge in [-0.25, -0.2) is 0 Å². The molecule has 0 unspecified atom stereocenters. The molecule has 0 saturated heterocycles. The van der Waals surface area contributed by atoms with Gasteiger partial charge in [0.05, 0.1) is 0 Å². The molecule has 0 nitrogen and oxygen atoms in total. The maximum atomic E-state index is 10.1. The molecule has 0 aliphatic carbocycles. The fraction of sp³-hybridized carbons (Fsp3) is 0. The first-order chi connectivity index (χ1) is 1.73. The van der Waals surface area contributed by atoms with E-state index in [9.17, 15) is 8.78 Å². The topological polar surface area (TPSA) is 0 Å². The lowest BCUT2D eigenvalue weighted by Crippen LogP contribution is -3.00. The van der Waals surface area contributed by atoms with Gasteiger partial charge in [0.1, 0.15) is 0 Å². The van der Waals surface area contributed by atoms with Crippen LogP contribution in [0.5, 0.6) is 0 Å². The second-order valence-corrected chi connectivity index (χ2v) is 0.339. The molecule has 0 aliphatic heterocycles. The van der Waals surface area contributed by atoms with Crippen molar-refractivity contribution in [1.82, 2.24) is 0 Å². The molecule has 5 heavy (non-hydrogen) atoms. The first-order valence-electron chi connectivity index (χ1n) is 0.732. The third kappa shape index (κ3) is 37.4. The lowest BCUT2D eigenvalue weighted by molar-refractivity contribution is -0.00000273. The molecule has 0 radical (unpaired) electrons. The molecule has 0 fully saturated rings. The monoisotopic (exact) mass is 83.0 g/mol. The van der Waals surface area contributed by atoms with Gasteiger partial charge in [-0.15, -0.1) is 0 Å². The number of hydrogen-bond acceptors (Lipinski definition) is 0. The van der Waals surface area contributed by atoms with Crippen molar-refractivity contribution in [2.24, 2.45) is 0 Å². The fourth-order valence-corrected chi connectivity index (χ4v) is 0. The van der Waals surface area contributed by atoms with Crippen LogP contribution in [0, 0.1) is 0 Å². The van der Waals surface area contributed by atoms with E-state index in [0.29, 0.717) is 0 Å². The fourth-order valence-electron chi connectivity index (χ4n) is 0. The highest BCUT2D eigenvalue weighted by Crippen LogP contribution is 1.85. The van der Waals surface area contributed by atoms with E-state index in [1.807, 2.05) is 0 Å². The van der Waals surface area contributed by atoms with E-state index in [1.165, 1.54) is 0 Å². The summed E-state index contributed by atoms with van der Waals surface area (Å²) in [4.78, 5) is 0. The molecular formula is C2H2F3-. The van der Waals surface area contributed by atoms with Crippen molar-refractivity contribution in [2.75, 3.05) is 0 Å². The van der Waals surface area contributed by atoms with Crippen LogP contribution < -0.4 is 4.70 Å². The zero-order chi connectivity index (χ0) is 3.58. The van der Waals surface area contributed by atoms with Crippen LogP contribution in [0.3, 0.4) is 0 Å². The Morgan fingerprint density at radius 3 is 1.40 bits per heavy atom. The maximum absolute atomic E-state index is 10.1. The molecule has 0 aromatic heterocycles. The summed E-state index contributed by atoms with van der Waals surface area (Å²) in [5.74, 6) is 0. The van der Waals surface area contributed by atoms with E-state index >= 15 is 0 Å². The molecule has 32 valence electrons. The summed E-state index contributed by atoms with van der Waals surface area (Å²) in [6.45, 7) is 2.22. The van der Waals surface area contributed by atoms with Crippen molar-refractivity contribution in [3.63, 3.8) is 0 Å². The van der Waals surface area contributed by atoms with Gasteiger partial charge in [-0.05, 0) is 6.58 Å². The summed E-state index contributed by atoms with van der Waals surface area (Å²) in [6.07, 6.45) is -1.83. The van der Waals surface area contributed by atoms with E-state index in [1.54, 1.807) is 0 Å². The first-order valence-corrected chi connectivity index (χ1v) is 0.732. The van der Waals surface area contributed by atoms with E-state index in [2.05, 4.69) is 6.58 Å². The number of halogens is 3. The Labute approximate surface area is 27.5 Å². The zero-order valence-electron chi connectivity index (χ0n) is 2.34. The quantitative estimate of drug-likeness (QED) is 0.331. The van der Waals surface area contributed by atoms with Crippen molar-refractivity contribution in [3.05, 3.63) is 12.7 Å². The van der Waals surface area contributed by atoms with E-state index < -0.39 is 6.08 Å². The molecule has 0 spiro atoms. The summed E-state index contributed by atoms with van der Waals surface area (Å²) in [5, 5.41) is 0. The Morgan fingerprint density at radius 2 is 1.40 bits per heavy atom. The molecule has 0 N–H and O–H groups in total. The molecule has 0 bridgehead atoms. The van der Waals surface area contributed by atoms with Crippen LogP contribution in [0.25, 0.3) is 0 Å². The van der Waals surface area contributed by atoms with Gasteiger partial charge in [0.25, 0.3) is 6.08 Å². The van der Waals surface area contributed by atoms with Crippen molar-refractivity contribution < 1.29 is 13.5 Å². The molecule has 3 heteroatoms. The Morgan fingerprint density at radius 1 is 1.40 bits per heavy atom. The van der Waals surface area contributed by atoms with Crippen molar-refractivity contribution >= 4 is 0 Å². The summed E-state index contributed by atoms with van der Waals surface area (Å²) in [5.41, 5.74) is 0. The first kappa shape index (κ1) is 8.82. The molecule has 0 heterocycles. The summed E-state index contributed by atoms with van der Waals surface area (Å²) in [6, 6.07) is 0. The normalized spacial score (nSPS) is 5.20. The van der Waals surface area contributed by atoms with Crippen LogP contribution in [-0.4, -0.2) is 0 Å². The minimum atomic E-state index is -1.83. The van der Waals surface area contributed by atoms with Gasteiger partial charge in [-0.3, -0.25) is 0 Å². The van der Waals surface area contributed by atoms with Gasteiger partial charge in [0, 0.05) is 0 Å². The Balaban J connectivity index is 0. The van der Waals surface area contributed by atoms with Crippen molar-refractivity contribution in [1.29, 1.82) is 0 Å². The van der Waals surface area contributed by atoms with Crippen LogP contribution in [0.1, 0.15) is 0 Å². The van der Waals surface area contributed by atoms with Gasteiger partial charge in [0.15, 0.2) is 0 Å². The van der Waals surface area contributed by atoms with Gasteiger partial charge in [0.2, 0.25) is 0 Å².